The molecule has 0 aliphatic rings. The number of hydrogen-bond acceptors (Lipinski definition) is 3. The van der Waals surface area contributed by atoms with Crippen LogP contribution in [0.1, 0.15) is 15.9 Å². The highest BCUT2D eigenvalue weighted by atomic mass is 127. The van der Waals surface area contributed by atoms with Gasteiger partial charge < -0.3 is 10.1 Å². The van der Waals surface area contributed by atoms with Crippen LogP contribution < -0.4 is 5.32 Å². The minimum Gasteiger partial charge on any atom is -0.467 e. The van der Waals surface area contributed by atoms with Gasteiger partial charge in [-0.1, -0.05) is 44.0 Å². The number of esters is 1. The number of methoxy groups -OCH3 is 1. The summed E-state index contributed by atoms with van der Waals surface area (Å²) in [6.45, 7) is 0. The number of carbonyl (C=O) groups is 2. The quantitative estimate of drug-likeness (QED) is 0.433. The zero-order chi connectivity index (χ0) is 17.7. The Morgan fingerprint density at radius 3 is 2.25 bits per heavy atom. The Balaban J connectivity index is 2.17. The molecule has 2 aromatic carbocycles. The second-order valence-corrected chi connectivity index (χ2v) is 8.11. The average molecular weight is 567 g/mol. The van der Waals surface area contributed by atoms with Gasteiger partial charge in [-0.2, -0.15) is 0 Å². The molecular formula is C17H14Br2INO3. The molecule has 0 saturated heterocycles. The topological polar surface area (TPSA) is 55.4 Å². The van der Waals surface area contributed by atoms with Gasteiger partial charge in [-0.15, -0.1) is 0 Å². The molecule has 0 aromatic heterocycles. The molecule has 1 N–H and O–H groups in total. The van der Waals surface area contributed by atoms with Gasteiger partial charge in [0.25, 0.3) is 5.91 Å². The van der Waals surface area contributed by atoms with Crippen LogP contribution in [0.3, 0.4) is 0 Å². The van der Waals surface area contributed by atoms with Gasteiger partial charge in [0, 0.05) is 24.5 Å². The molecule has 2 rings (SSSR count). The maximum Gasteiger partial charge on any atom is 0.328 e. The van der Waals surface area contributed by atoms with Gasteiger partial charge in [-0.05, 0) is 58.5 Å². The van der Waals surface area contributed by atoms with Crippen LogP contribution in [-0.4, -0.2) is 25.0 Å². The van der Waals surface area contributed by atoms with Crippen LogP contribution in [-0.2, 0) is 16.0 Å². The van der Waals surface area contributed by atoms with Crippen molar-refractivity contribution in [3.63, 3.8) is 0 Å². The summed E-state index contributed by atoms with van der Waals surface area (Å²) in [5.41, 5.74) is 1.40. The second kappa shape index (κ2) is 8.96. The summed E-state index contributed by atoms with van der Waals surface area (Å²) in [4.78, 5) is 24.5. The molecule has 1 atom stereocenters. The molecule has 7 heteroatoms. The van der Waals surface area contributed by atoms with Gasteiger partial charge in [0.2, 0.25) is 0 Å². The first-order valence-corrected chi connectivity index (χ1v) is 9.64. The third kappa shape index (κ3) is 5.56. The minimum atomic E-state index is -0.750. The van der Waals surface area contributed by atoms with Crippen molar-refractivity contribution in [2.24, 2.45) is 0 Å². The van der Waals surface area contributed by atoms with Crippen LogP contribution in [0.25, 0.3) is 0 Å². The number of hydrogen-bond donors (Lipinski definition) is 1. The molecule has 0 aliphatic carbocycles. The van der Waals surface area contributed by atoms with Gasteiger partial charge >= 0.3 is 5.97 Å². The zero-order valence-corrected chi connectivity index (χ0v) is 18.0. The summed E-state index contributed by atoms with van der Waals surface area (Å²) >= 11 is 8.91. The molecular weight excluding hydrogens is 553 g/mol. The van der Waals surface area contributed by atoms with Gasteiger partial charge in [0.05, 0.1) is 7.11 Å². The summed E-state index contributed by atoms with van der Waals surface area (Å²) in [7, 11) is 1.31. The first kappa shape index (κ1) is 19.4. The molecule has 0 fully saturated rings. The standard InChI is InChI=1S/C17H14Br2INO3/c1-24-17(23)15(6-10-2-4-14(20)5-3-10)21-16(22)11-7-12(18)9-13(19)8-11/h2-5,7-9,15H,6H2,1H3,(H,21,22)/t15-/m1/s1. The molecule has 1 amide bonds. The Morgan fingerprint density at radius 1 is 1.12 bits per heavy atom. The fourth-order valence-electron chi connectivity index (χ4n) is 2.12. The van der Waals surface area contributed by atoms with E-state index in [1.807, 2.05) is 30.3 Å². The van der Waals surface area contributed by atoms with Crippen LogP contribution in [0.5, 0.6) is 0 Å². The summed E-state index contributed by atoms with van der Waals surface area (Å²) in [5, 5.41) is 2.74. The Labute approximate surface area is 170 Å². The van der Waals surface area contributed by atoms with E-state index < -0.39 is 12.0 Å². The molecule has 0 saturated carbocycles. The lowest BCUT2D eigenvalue weighted by atomic mass is 10.1. The maximum atomic E-state index is 12.5. The zero-order valence-electron chi connectivity index (χ0n) is 12.7. The summed E-state index contributed by atoms with van der Waals surface area (Å²) in [5.74, 6) is -0.811. The monoisotopic (exact) mass is 565 g/mol. The number of ether oxygens (including phenoxy) is 1. The van der Waals surface area contributed by atoms with Crippen molar-refractivity contribution in [2.75, 3.05) is 7.11 Å². The van der Waals surface area contributed by atoms with Gasteiger partial charge in [0.1, 0.15) is 6.04 Å². The van der Waals surface area contributed by atoms with Crippen LogP contribution in [0.15, 0.2) is 51.4 Å². The van der Waals surface area contributed by atoms with Crippen molar-refractivity contribution >= 4 is 66.3 Å². The van der Waals surface area contributed by atoms with E-state index in [0.717, 1.165) is 18.1 Å². The van der Waals surface area contributed by atoms with E-state index >= 15 is 0 Å². The summed E-state index contributed by atoms with van der Waals surface area (Å²) in [6.07, 6.45) is 0.366. The van der Waals surface area contributed by atoms with Crippen molar-refractivity contribution in [3.8, 4) is 0 Å². The number of benzene rings is 2. The maximum absolute atomic E-state index is 12.5. The van der Waals surface area contributed by atoms with Crippen molar-refractivity contribution in [3.05, 3.63) is 66.1 Å². The molecule has 24 heavy (non-hydrogen) atoms. The number of carbonyl (C=O) groups excluding carboxylic acids is 2. The van der Waals surface area contributed by atoms with E-state index in [1.54, 1.807) is 12.1 Å². The van der Waals surface area contributed by atoms with Gasteiger partial charge in [0.15, 0.2) is 0 Å². The SMILES string of the molecule is COC(=O)[C@@H](Cc1ccc(I)cc1)NC(=O)c1cc(Br)cc(Br)c1. The highest BCUT2D eigenvalue weighted by Gasteiger charge is 2.23. The number of halogens is 3. The fraction of sp³-hybridized carbons (Fsp3) is 0.176. The third-order valence-corrected chi connectivity index (χ3v) is 4.90. The van der Waals surface area contributed by atoms with Crippen LogP contribution in [0, 0.1) is 3.57 Å². The highest BCUT2D eigenvalue weighted by Crippen LogP contribution is 2.20. The van der Waals surface area contributed by atoms with Crippen LogP contribution in [0.4, 0.5) is 0 Å². The van der Waals surface area contributed by atoms with E-state index in [9.17, 15) is 9.59 Å². The van der Waals surface area contributed by atoms with E-state index in [0.29, 0.717) is 12.0 Å². The summed E-state index contributed by atoms with van der Waals surface area (Å²) in [6, 6.07) is 12.2. The average Bonchev–Trinajstić information content (AvgIpc) is 2.54. The summed E-state index contributed by atoms with van der Waals surface area (Å²) < 4.78 is 7.47. The molecule has 2 aromatic rings. The highest BCUT2D eigenvalue weighted by molar-refractivity contribution is 14.1. The van der Waals surface area contributed by atoms with Crippen molar-refractivity contribution in [1.29, 1.82) is 0 Å². The predicted molar refractivity (Wildman–Crippen MR) is 108 cm³/mol. The smallest absolute Gasteiger partial charge is 0.328 e. The molecule has 0 aliphatic heterocycles. The van der Waals surface area contributed by atoms with Crippen LogP contribution >= 0.6 is 54.5 Å². The van der Waals surface area contributed by atoms with E-state index in [-0.39, 0.29) is 5.91 Å². The molecule has 0 spiro atoms. The lowest BCUT2D eigenvalue weighted by molar-refractivity contribution is -0.142. The van der Waals surface area contributed by atoms with Crippen molar-refractivity contribution < 1.29 is 14.3 Å². The first-order chi connectivity index (χ1) is 11.4. The Kier molecular flexibility index (Phi) is 7.24. The second-order valence-electron chi connectivity index (χ2n) is 5.04. The van der Waals surface area contributed by atoms with E-state index in [2.05, 4.69) is 59.8 Å². The lowest BCUT2D eigenvalue weighted by Gasteiger charge is -2.17. The largest absolute Gasteiger partial charge is 0.467 e. The number of rotatable bonds is 5. The van der Waals surface area contributed by atoms with Crippen molar-refractivity contribution in [1.82, 2.24) is 5.32 Å². The Hall–Kier alpha value is -0.930. The van der Waals surface area contributed by atoms with Crippen molar-refractivity contribution in [2.45, 2.75) is 12.5 Å². The molecule has 0 bridgehead atoms. The van der Waals surface area contributed by atoms with Gasteiger partial charge in [-0.25, -0.2) is 4.79 Å². The first-order valence-electron chi connectivity index (χ1n) is 6.98. The normalized spacial score (nSPS) is 11.7. The van der Waals surface area contributed by atoms with Gasteiger partial charge in [-0.3, -0.25) is 4.79 Å². The molecule has 0 heterocycles. The Morgan fingerprint density at radius 2 is 1.71 bits per heavy atom. The van der Waals surface area contributed by atoms with Crippen LogP contribution in [0.2, 0.25) is 0 Å². The lowest BCUT2D eigenvalue weighted by Crippen LogP contribution is -2.43. The molecule has 0 unspecified atom stereocenters. The minimum absolute atomic E-state index is 0.335. The molecule has 126 valence electrons. The predicted octanol–water partition coefficient (Wildman–Crippen LogP) is 4.33. The number of nitrogens with one attached hydrogen (secondary N) is 1. The number of amides is 1. The fourth-order valence-corrected chi connectivity index (χ4v) is 3.77. The third-order valence-electron chi connectivity index (χ3n) is 3.27. The molecule has 4 nitrogen and oxygen atoms in total. The van der Waals surface area contributed by atoms with E-state index in [4.69, 9.17) is 4.74 Å². The van der Waals surface area contributed by atoms with E-state index in [1.165, 1.54) is 7.11 Å². The Bertz CT molecular complexity index is 730. The molecule has 0 radical (unpaired) electrons.